The van der Waals surface area contributed by atoms with Crippen molar-refractivity contribution in [3.63, 3.8) is 0 Å². The van der Waals surface area contributed by atoms with E-state index in [0.29, 0.717) is 17.4 Å². The van der Waals surface area contributed by atoms with Gasteiger partial charge in [0.15, 0.2) is 11.5 Å². The van der Waals surface area contributed by atoms with Crippen LogP contribution in [0.5, 0.6) is 11.5 Å². The molecule has 0 spiro atoms. The van der Waals surface area contributed by atoms with E-state index in [1.807, 2.05) is 12.1 Å². The maximum Gasteiger partial charge on any atom is 0.490 e. The maximum absolute atomic E-state index is 13.0. The van der Waals surface area contributed by atoms with Crippen molar-refractivity contribution >= 4 is 11.9 Å². The smallest absolute Gasteiger partial charge is 0.490 e. The summed E-state index contributed by atoms with van der Waals surface area (Å²) in [4.78, 5) is 23.9. The van der Waals surface area contributed by atoms with E-state index in [1.165, 1.54) is 17.7 Å². The van der Waals surface area contributed by atoms with Crippen LogP contribution in [0.25, 0.3) is 0 Å². The zero-order chi connectivity index (χ0) is 29.9. The van der Waals surface area contributed by atoms with Gasteiger partial charge in [-0.25, -0.2) is 4.79 Å². The molecule has 0 bridgehead atoms. The molecule has 4 rings (SSSR count). The second-order valence-electron chi connectivity index (χ2n) is 9.95. The maximum atomic E-state index is 13.0. The van der Waals surface area contributed by atoms with Crippen molar-refractivity contribution in [3.8, 4) is 11.5 Å². The Hall–Kier alpha value is -3.48. The number of carboxylic acids is 1. The number of nitrogens with zero attached hydrogens (tertiary/aromatic N) is 1. The van der Waals surface area contributed by atoms with Crippen molar-refractivity contribution in [1.82, 2.24) is 10.2 Å². The summed E-state index contributed by atoms with van der Waals surface area (Å²) >= 11 is 0. The number of carboxylic acid groups (broad SMARTS) is 1. The summed E-state index contributed by atoms with van der Waals surface area (Å²) in [6.07, 6.45) is -7.17. The van der Waals surface area contributed by atoms with Gasteiger partial charge in [-0.05, 0) is 68.1 Å². The van der Waals surface area contributed by atoms with Crippen molar-refractivity contribution in [1.29, 1.82) is 0 Å². The number of rotatable bonds is 5. The van der Waals surface area contributed by atoms with Crippen LogP contribution in [-0.2, 0) is 16.4 Å². The first-order valence-corrected chi connectivity index (χ1v) is 12.3. The minimum Gasteiger partial charge on any atom is -0.493 e. The Morgan fingerprint density at radius 1 is 1.02 bits per heavy atom. The van der Waals surface area contributed by atoms with Crippen molar-refractivity contribution in [2.24, 2.45) is 5.92 Å². The summed E-state index contributed by atoms with van der Waals surface area (Å²) in [5.41, 5.74) is 0.345. The van der Waals surface area contributed by atoms with E-state index < -0.39 is 29.8 Å². The van der Waals surface area contributed by atoms with Crippen molar-refractivity contribution < 1.29 is 50.5 Å². The molecule has 1 amide bonds. The quantitative estimate of drug-likeness (QED) is 0.480. The lowest BCUT2D eigenvalue weighted by Gasteiger charge is -2.43. The normalized spacial score (nSPS) is 22.9. The lowest BCUT2D eigenvalue weighted by molar-refractivity contribution is -0.192. The number of nitrogens with one attached hydrogen (secondary N) is 1. The second-order valence-corrected chi connectivity index (χ2v) is 9.95. The van der Waals surface area contributed by atoms with Gasteiger partial charge in [0.05, 0.1) is 19.8 Å². The number of hydrogen-bond donors (Lipinski definition) is 2. The Morgan fingerprint density at radius 2 is 1.68 bits per heavy atom. The zero-order valence-electron chi connectivity index (χ0n) is 22.0. The molecule has 1 aliphatic heterocycles. The third kappa shape index (κ3) is 6.98. The Labute approximate surface area is 227 Å². The summed E-state index contributed by atoms with van der Waals surface area (Å²) in [5.74, 6) is -1.54. The average Bonchev–Trinajstić information content (AvgIpc) is 3.23. The molecule has 220 valence electrons. The number of likely N-dealkylation sites (tertiary alicyclic amines) is 1. The number of carbonyl (C=O) groups is 2. The minimum atomic E-state index is -5.08. The molecule has 1 heterocycles. The number of methoxy groups -OCH3 is 2. The third-order valence-corrected chi connectivity index (χ3v) is 7.36. The number of ether oxygens (including phenoxy) is 2. The number of benzene rings is 2. The number of amides is 1. The summed E-state index contributed by atoms with van der Waals surface area (Å²) in [5, 5.41) is 10.1. The molecular formula is C27H30F6N2O5. The Morgan fingerprint density at radius 3 is 2.25 bits per heavy atom. The van der Waals surface area contributed by atoms with Gasteiger partial charge in [0.25, 0.3) is 5.91 Å². The molecule has 0 unspecified atom stereocenters. The first-order chi connectivity index (χ1) is 18.6. The van der Waals surface area contributed by atoms with Gasteiger partial charge in [0.2, 0.25) is 0 Å². The van der Waals surface area contributed by atoms with E-state index >= 15 is 0 Å². The summed E-state index contributed by atoms with van der Waals surface area (Å²) < 4.78 is 81.7. The molecule has 13 heteroatoms. The van der Waals surface area contributed by atoms with Gasteiger partial charge in [-0.3, -0.25) is 4.79 Å². The summed E-state index contributed by atoms with van der Waals surface area (Å²) in [6, 6.07) is 10.6. The van der Waals surface area contributed by atoms with E-state index in [1.54, 1.807) is 14.2 Å². The highest BCUT2D eigenvalue weighted by atomic mass is 19.4. The topological polar surface area (TPSA) is 88.1 Å². The molecule has 7 nitrogen and oxygen atoms in total. The number of fused-ring (bicyclic) bond motifs is 1. The molecule has 1 aliphatic carbocycles. The number of alkyl halides is 6. The van der Waals surface area contributed by atoms with Gasteiger partial charge in [0, 0.05) is 30.1 Å². The molecule has 2 aromatic carbocycles. The highest BCUT2D eigenvalue weighted by Gasteiger charge is 2.50. The van der Waals surface area contributed by atoms with Crippen LogP contribution >= 0.6 is 0 Å². The number of halogens is 6. The number of carbonyl (C=O) groups excluding carboxylic acids is 1. The highest BCUT2D eigenvalue weighted by Crippen LogP contribution is 2.49. The van der Waals surface area contributed by atoms with Crippen LogP contribution in [0.4, 0.5) is 26.3 Å². The van der Waals surface area contributed by atoms with E-state index in [9.17, 15) is 31.1 Å². The first-order valence-electron chi connectivity index (χ1n) is 12.3. The molecule has 2 aromatic rings. The number of aliphatic carboxylic acids is 1. The third-order valence-electron chi connectivity index (χ3n) is 7.36. The summed E-state index contributed by atoms with van der Waals surface area (Å²) in [6.45, 7) is 1.80. The van der Waals surface area contributed by atoms with Crippen LogP contribution in [0.1, 0.15) is 40.7 Å². The van der Waals surface area contributed by atoms with Crippen LogP contribution in [0.15, 0.2) is 42.5 Å². The minimum absolute atomic E-state index is 0.0325. The van der Waals surface area contributed by atoms with Crippen molar-refractivity contribution in [2.75, 3.05) is 34.4 Å². The SMILES string of the molecule is COc1ccc([C@@]23CC[C@@H](NC(=O)c4cccc(C(F)(F)F)c4)C[C@@H]2CN(C)C3)cc1OC.O=C(O)C(F)(F)F. The van der Waals surface area contributed by atoms with Gasteiger partial charge in [-0.1, -0.05) is 12.1 Å². The predicted octanol–water partition coefficient (Wildman–Crippen LogP) is 5.14. The van der Waals surface area contributed by atoms with Gasteiger partial charge in [-0.15, -0.1) is 0 Å². The van der Waals surface area contributed by atoms with Crippen molar-refractivity contribution in [3.05, 3.63) is 59.2 Å². The molecule has 1 saturated heterocycles. The lowest BCUT2D eigenvalue weighted by Crippen LogP contribution is -2.47. The standard InChI is InChI=1S/C25H29F3N2O3.C2HF3O2/c1-30-14-19-12-20(29-23(31)16-5-4-6-18(11-16)25(26,27)28)9-10-24(19,15-30)17-7-8-21(32-2)22(13-17)33-3;3-2(4,5)1(6)7/h4-8,11,13,19-20H,9-10,12,14-15H2,1-3H3,(H,29,31);(H,6,7)/t19-,20-,24+;/m1./s1. The van der Waals surface area contributed by atoms with E-state index in [4.69, 9.17) is 19.4 Å². The van der Waals surface area contributed by atoms with Crippen LogP contribution in [0.2, 0.25) is 0 Å². The summed E-state index contributed by atoms with van der Waals surface area (Å²) in [7, 11) is 5.33. The van der Waals surface area contributed by atoms with Gasteiger partial charge >= 0.3 is 18.3 Å². The van der Waals surface area contributed by atoms with E-state index in [0.717, 1.165) is 44.5 Å². The largest absolute Gasteiger partial charge is 0.493 e. The van der Waals surface area contributed by atoms with Gasteiger partial charge < -0.3 is 24.8 Å². The first kappa shape index (κ1) is 31.1. The molecule has 3 atom stereocenters. The Kier molecular flexibility index (Phi) is 9.28. The average molecular weight is 577 g/mol. The fraction of sp³-hybridized carbons (Fsp3) is 0.481. The van der Waals surface area contributed by atoms with Crippen LogP contribution in [0, 0.1) is 5.92 Å². The van der Waals surface area contributed by atoms with E-state index in [-0.39, 0.29) is 17.0 Å². The predicted molar refractivity (Wildman–Crippen MR) is 132 cm³/mol. The second kappa shape index (κ2) is 11.9. The highest BCUT2D eigenvalue weighted by molar-refractivity contribution is 5.94. The van der Waals surface area contributed by atoms with Gasteiger partial charge in [0.1, 0.15) is 0 Å². The molecule has 2 N–H and O–H groups in total. The molecular weight excluding hydrogens is 546 g/mol. The van der Waals surface area contributed by atoms with Crippen LogP contribution in [0.3, 0.4) is 0 Å². The molecule has 2 aliphatic rings. The molecule has 0 radical (unpaired) electrons. The van der Waals surface area contributed by atoms with Crippen LogP contribution in [-0.4, -0.2) is 68.5 Å². The van der Waals surface area contributed by atoms with Gasteiger partial charge in [-0.2, -0.15) is 26.3 Å². The fourth-order valence-corrected chi connectivity index (χ4v) is 5.56. The monoisotopic (exact) mass is 576 g/mol. The molecule has 0 aromatic heterocycles. The van der Waals surface area contributed by atoms with Crippen molar-refractivity contribution in [2.45, 2.75) is 43.1 Å². The number of hydrogen-bond acceptors (Lipinski definition) is 5. The Bertz CT molecular complexity index is 1220. The molecule has 40 heavy (non-hydrogen) atoms. The fourth-order valence-electron chi connectivity index (χ4n) is 5.56. The zero-order valence-corrected chi connectivity index (χ0v) is 22.0. The van der Waals surface area contributed by atoms with E-state index in [2.05, 4.69) is 23.3 Å². The van der Waals surface area contributed by atoms with Crippen LogP contribution < -0.4 is 14.8 Å². The number of likely N-dealkylation sites (N-methyl/N-ethyl adjacent to an activating group) is 1. The molecule has 1 saturated carbocycles. The lowest BCUT2D eigenvalue weighted by atomic mass is 9.63. The Balaban J connectivity index is 0.000000559. The molecule has 2 fully saturated rings.